The van der Waals surface area contributed by atoms with E-state index in [1.165, 1.54) is 6.92 Å². The van der Waals surface area contributed by atoms with Crippen LogP contribution in [0.3, 0.4) is 0 Å². The normalized spacial score (nSPS) is 55.6. The molecule has 12 N–H and O–H groups in total. The summed E-state index contributed by atoms with van der Waals surface area (Å²) < 4.78 is 60.6. The van der Waals surface area contributed by atoms with E-state index in [4.69, 9.17) is 47.4 Å². The van der Waals surface area contributed by atoms with Gasteiger partial charge in [-0.2, -0.15) is 0 Å². The molecule has 73 heavy (non-hydrogen) atoms. The Labute approximate surface area is 427 Å². The van der Waals surface area contributed by atoms with Crippen molar-refractivity contribution in [1.82, 2.24) is 0 Å². The third-order valence-corrected chi connectivity index (χ3v) is 20.0. The topological polar surface area (TPSA) is 335 Å². The summed E-state index contributed by atoms with van der Waals surface area (Å²) in [4.78, 5) is 0. The van der Waals surface area contributed by atoms with Crippen molar-refractivity contribution in [3.63, 3.8) is 0 Å². The van der Waals surface area contributed by atoms with Crippen LogP contribution in [0.15, 0.2) is 0 Å². The maximum Gasteiger partial charge on any atom is 0.186 e. The van der Waals surface area contributed by atoms with Crippen molar-refractivity contribution in [2.24, 2.45) is 52.3 Å². The molecule has 0 radical (unpaired) electrons. The largest absolute Gasteiger partial charge is 0.394 e. The van der Waals surface area contributed by atoms with E-state index in [-0.39, 0.29) is 48.1 Å². The van der Waals surface area contributed by atoms with Gasteiger partial charge in [0.25, 0.3) is 0 Å². The number of ether oxygens (including phenoxy) is 10. The monoisotopic (exact) mass is 1050 g/mol. The Morgan fingerprint density at radius 1 is 0.630 bits per heavy atom. The van der Waals surface area contributed by atoms with Gasteiger partial charge >= 0.3 is 0 Å². The second kappa shape index (κ2) is 22.3. The number of aliphatic hydroxyl groups is 12. The molecule has 0 amide bonds. The molecule has 31 atom stereocenters. The Balaban J connectivity index is 0.810. The first-order valence-electron chi connectivity index (χ1n) is 27.0. The lowest BCUT2D eigenvalue weighted by Gasteiger charge is -2.61. The van der Waals surface area contributed by atoms with Gasteiger partial charge in [0.05, 0.1) is 44.7 Å². The molecule has 0 spiro atoms. The lowest BCUT2D eigenvalue weighted by molar-refractivity contribution is -0.363. The standard InChI is InChI=1S/C51H86O22/c1-21(18-65-46-42(62)38(58)36(56)31(17-52)70-46)9-14-51(64-6)22(2)33-30(73-51)16-28-26-8-7-24-15-25(10-12-49(24,4)27(26)11-13-50(28,33)5)69-48-43(63)39(59)44(72-47-40(60)35(55)29(53)19-66-47)32(71-48)20-67-45-41(61)37(57)34(54)23(3)68-45/h21-48,52-63H,7-20H2,1-6H3/t21-,22-,23-,24+,25-,26+,27-,28+,29+,30-,31+,32+,33-,34-,35-,36+,37+,38-,39+,40+,41+,42+,43+,44+,45-,46+,47-,48+,49-,50-,51-/m0/s1. The molecular formula is C51H86O22. The van der Waals surface area contributed by atoms with Crippen molar-refractivity contribution >= 4 is 0 Å². The van der Waals surface area contributed by atoms with Crippen molar-refractivity contribution in [1.29, 1.82) is 0 Å². The molecule has 0 aromatic heterocycles. The predicted octanol–water partition coefficient (Wildman–Crippen LogP) is -1.63. The van der Waals surface area contributed by atoms with E-state index >= 15 is 0 Å². The Morgan fingerprint density at radius 3 is 2.00 bits per heavy atom. The summed E-state index contributed by atoms with van der Waals surface area (Å²) in [5.41, 5.74) is 0.112. The van der Waals surface area contributed by atoms with Gasteiger partial charge in [-0.15, -0.1) is 0 Å². The zero-order valence-corrected chi connectivity index (χ0v) is 43.0. The van der Waals surface area contributed by atoms with Crippen LogP contribution in [0.2, 0.25) is 0 Å². The minimum atomic E-state index is -1.72. The van der Waals surface area contributed by atoms with E-state index in [1.807, 2.05) is 6.92 Å². The van der Waals surface area contributed by atoms with E-state index < -0.39 is 136 Å². The van der Waals surface area contributed by atoms with Crippen LogP contribution in [0.5, 0.6) is 0 Å². The van der Waals surface area contributed by atoms with Gasteiger partial charge in [0.15, 0.2) is 30.9 Å². The summed E-state index contributed by atoms with van der Waals surface area (Å²) in [5, 5.41) is 126. The molecule has 0 bridgehead atoms. The highest BCUT2D eigenvalue weighted by atomic mass is 16.8. The lowest BCUT2D eigenvalue weighted by Crippen LogP contribution is -2.64. The summed E-state index contributed by atoms with van der Waals surface area (Å²) >= 11 is 0. The predicted molar refractivity (Wildman–Crippen MR) is 249 cm³/mol. The molecule has 5 heterocycles. The summed E-state index contributed by atoms with van der Waals surface area (Å²) in [6.07, 6.45) is -18.5. The Bertz CT molecular complexity index is 1820. The van der Waals surface area contributed by atoms with E-state index in [2.05, 4.69) is 20.8 Å². The molecule has 4 saturated carbocycles. The molecule has 9 aliphatic rings. The van der Waals surface area contributed by atoms with Crippen molar-refractivity contribution < 1.29 is 109 Å². The first kappa shape index (κ1) is 56.8. The number of rotatable bonds is 15. The van der Waals surface area contributed by atoms with E-state index in [1.54, 1.807) is 7.11 Å². The van der Waals surface area contributed by atoms with Crippen molar-refractivity contribution in [3.05, 3.63) is 0 Å². The second-order valence-corrected chi connectivity index (χ2v) is 24.0. The highest BCUT2D eigenvalue weighted by molar-refractivity contribution is 5.15. The van der Waals surface area contributed by atoms with E-state index in [9.17, 15) is 61.3 Å². The summed E-state index contributed by atoms with van der Waals surface area (Å²) in [7, 11) is 1.73. The van der Waals surface area contributed by atoms with Gasteiger partial charge in [-0.05, 0) is 111 Å². The minimum absolute atomic E-state index is 0.0163. The van der Waals surface area contributed by atoms with Gasteiger partial charge in [0.2, 0.25) is 0 Å². The van der Waals surface area contributed by atoms with Crippen LogP contribution in [-0.4, -0.2) is 230 Å². The first-order chi connectivity index (χ1) is 34.6. The van der Waals surface area contributed by atoms with Gasteiger partial charge in [0, 0.05) is 19.4 Å². The average molecular weight is 1050 g/mol. The first-order valence-corrected chi connectivity index (χ1v) is 27.0. The fraction of sp³-hybridized carbons (Fsp3) is 1.00. The number of hydrogen-bond donors (Lipinski definition) is 12. The molecule has 9 fully saturated rings. The van der Waals surface area contributed by atoms with E-state index in [0.29, 0.717) is 48.9 Å². The number of hydrogen-bond acceptors (Lipinski definition) is 22. The Morgan fingerprint density at radius 2 is 1.29 bits per heavy atom. The molecule has 4 aliphatic carbocycles. The highest BCUT2D eigenvalue weighted by Crippen LogP contribution is 2.71. The van der Waals surface area contributed by atoms with E-state index in [0.717, 1.165) is 44.9 Å². The average Bonchev–Trinajstić information content (AvgIpc) is 3.83. The van der Waals surface area contributed by atoms with Crippen molar-refractivity contribution in [3.8, 4) is 0 Å². The maximum atomic E-state index is 11.6. The SMILES string of the molecule is CO[C@@]1(CC[C@H](C)CO[C@@H]2O[C@H](CO)[C@@H](O)[C@H](O)[C@H]2O)O[C@H]2C[C@@H]3[C@@H]4CC[C@@H]5C[C@@H](O[C@@H]6O[C@H](CO[C@H]7O[C@@H](C)[C@H](O)[C@@H](O)[C@H]7O)[C@@H](O[C@@H]7OC[C@@H](O)[C@H](O)[C@H]7O)[C@H](O)[C@H]6O)CC[C@]5(C)[C@H]4CC[C@]3(C)[C@H]2[C@@H]1C. The lowest BCUT2D eigenvalue weighted by atomic mass is 9.44. The molecule has 5 saturated heterocycles. The van der Waals surface area contributed by atoms with Gasteiger partial charge in [0.1, 0.15) is 85.5 Å². The summed E-state index contributed by atoms with van der Waals surface area (Å²) in [6, 6.07) is 0. The van der Waals surface area contributed by atoms with Crippen LogP contribution in [-0.2, 0) is 47.4 Å². The number of aliphatic hydroxyl groups excluding tert-OH is 12. The van der Waals surface area contributed by atoms with Gasteiger partial charge in [-0.25, -0.2) is 0 Å². The van der Waals surface area contributed by atoms with Crippen LogP contribution >= 0.6 is 0 Å². The number of methoxy groups -OCH3 is 1. The van der Waals surface area contributed by atoms with Gasteiger partial charge in [-0.1, -0.05) is 27.7 Å². The Kier molecular flexibility index (Phi) is 17.4. The maximum absolute atomic E-state index is 11.6. The van der Waals surface area contributed by atoms with Crippen LogP contribution in [0.1, 0.15) is 98.8 Å². The van der Waals surface area contributed by atoms with Crippen LogP contribution < -0.4 is 0 Å². The molecule has 22 nitrogen and oxygen atoms in total. The number of fused-ring (bicyclic) bond motifs is 7. The van der Waals surface area contributed by atoms with Gasteiger partial charge in [-0.3, -0.25) is 0 Å². The molecule has 22 heteroatoms. The van der Waals surface area contributed by atoms with Gasteiger partial charge < -0.3 is 109 Å². The van der Waals surface area contributed by atoms with Crippen LogP contribution in [0.4, 0.5) is 0 Å². The third-order valence-electron chi connectivity index (χ3n) is 20.0. The zero-order chi connectivity index (χ0) is 52.6. The third kappa shape index (κ3) is 10.4. The Hall–Kier alpha value is -0.880. The molecule has 0 unspecified atom stereocenters. The van der Waals surface area contributed by atoms with Crippen molar-refractivity contribution in [2.75, 3.05) is 33.5 Å². The molecular weight excluding hydrogens is 965 g/mol. The highest BCUT2D eigenvalue weighted by Gasteiger charge is 2.69. The fourth-order valence-electron chi connectivity index (χ4n) is 15.5. The van der Waals surface area contributed by atoms with Crippen molar-refractivity contribution in [2.45, 2.75) is 234 Å². The smallest absolute Gasteiger partial charge is 0.186 e. The second-order valence-electron chi connectivity index (χ2n) is 24.0. The zero-order valence-electron chi connectivity index (χ0n) is 43.0. The molecule has 0 aromatic carbocycles. The molecule has 0 aromatic rings. The minimum Gasteiger partial charge on any atom is -0.394 e. The van der Waals surface area contributed by atoms with Crippen LogP contribution in [0, 0.1) is 52.3 Å². The fourth-order valence-corrected chi connectivity index (χ4v) is 15.5. The molecule has 422 valence electrons. The quantitative estimate of drug-likeness (QED) is 0.0819. The molecule has 9 rings (SSSR count). The molecule has 5 aliphatic heterocycles. The van der Waals surface area contributed by atoms with Crippen LogP contribution in [0.25, 0.3) is 0 Å². The summed E-state index contributed by atoms with van der Waals surface area (Å²) in [5.74, 6) is 1.54. The summed E-state index contributed by atoms with van der Waals surface area (Å²) in [6.45, 7) is 9.62.